The Labute approximate surface area is 114 Å². The molecule has 1 atom stereocenters. The Morgan fingerprint density at radius 2 is 1.90 bits per heavy atom. The average molecular weight is 304 g/mol. The molecule has 0 amide bonds. The molecule has 0 heterocycles. The highest BCUT2D eigenvalue weighted by atomic mass is 32.2. The predicted octanol–water partition coefficient (Wildman–Crippen LogP) is 2.07. The molecule has 1 saturated carbocycles. The molecule has 1 aliphatic carbocycles. The van der Waals surface area contributed by atoms with Gasteiger partial charge in [0.05, 0.1) is 6.07 Å². The first-order valence-electron chi connectivity index (χ1n) is 5.80. The van der Waals surface area contributed by atoms with Crippen molar-refractivity contribution in [3.8, 4) is 6.07 Å². The molecule has 0 saturated heterocycles. The van der Waals surface area contributed by atoms with Crippen molar-refractivity contribution in [2.24, 2.45) is 5.92 Å². The first-order valence-corrected chi connectivity index (χ1v) is 7.28. The van der Waals surface area contributed by atoms with Crippen LogP contribution in [0.2, 0.25) is 0 Å². The minimum atomic E-state index is -4.46. The predicted molar refractivity (Wildman–Crippen MR) is 63.4 cm³/mol. The summed E-state index contributed by atoms with van der Waals surface area (Å²) in [4.78, 5) is -1.02. The van der Waals surface area contributed by atoms with Crippen molar-refractivity contribution in [2.45, 2.75) is 30.2 Å². The van der Waals surface area contributed by atoms with Crippen LogP contribution in [0.1, 0.15) is 19.8 Å². The van der Waals surface area contributed by atoms with E-state index in [1.165, 1.54) is 6.92 Å². The SMILES string of the molecule is C[C@@](C#N)(NS(=O)(=O)c1ccc(F)c(F)c1F)C1CC1. The van der Waals surface area contributed by atoms with E-state index in [1.54, 1.807) is 0 Å². The smallest absolute Gasteiger partial charge is 0.207 e. The minimum absolute atomic E-state index is 0.171. The number of benzene rings is 1. The van der Waals surface area contributed by atoms with Crippen molar-refractivity contribution in [2.75, 3.05) is 0 Å². The second kappa shape index (κ2) is 4.75. The molecule has 1 aromatic carbocycles. The van der Waals surface area contributed by atoms with Crippen molar-refractivity contribution in [1.82, 2.24) is 4.72 Å². The Morgan fingerprint density at radius 3 is 2.40 bits per heavy atom. The van der Waals surface area contributed by atoms with Gasteiger partial charge in [-0.25, -0.2) is 21.6 Å². The molecule has 4 nitrogen and oxygen atoms in total. The van der Waals surface area contributed by atoms with Crippen molar-refractivity contribution < 1.29 is 21.6 Å². The van der Waals surface area contributed by atoms with Crippen molar-refractivity contribution in [3.63, 3.8) is 0 Å². The monoisotopic (exact) mass is 304 g/mol. The minimum Gasteiger partial charge on any atom is -0.207 e. The Bertz CT molecular complexity index is 695. The number of rotatable bonds is 4. The molecule has 0 aromatic heterocycles. The lowest BCUT2D eigenvalue weighted by Gasteiger charge is -2.22. The summed E-state index contributed by atoms with van der Waals surface area (Å²) < 4.78 is 65.6. The zero-order chi connectivity index (χ0) is 15.1. The maximum atomic E-state index is 13.5. The molecule has 20 heavy (non-hydrogen) atoms. The highest BCUT2D eigenvalue weighted by Crippen LogP contribution is 2.40. The fraction of sp³-hybridized carbons (Fsp3) is 0.417. The molecule has 108 valence electrons. The van der Waals surface area contributed by atoms with Gasteiger partial charge in [0.1, 0.15) is 10.4 Å². The Kier molecular flexibility index (Phi) is 3.52. The lowest BCUT2D eigenvalue weighted by molar-refractivity contribution is 0.426. The van der Waals surface area contributed by atoms with Gasteiger partial charge in [0.25, 0.3) is 0 Å². The topological polar surface area (TPSA) is 70.0 Å². The van der Waals surface area contributed by atoms with E-state index in [9.17, 15) is 21.6 Å². The van der Waals surface area contributed by atoms with Gasteiger partial charge in [-0.1, -0.05) is 0 Å². The quantitative estimate of drug-likeness (QED) is 0.866. The van der Waals surface area contributed by atoms with Crippen LogP contribution in [0, 0.1) is 34.7 Å². The van der Waals surface area contributed by atoms with Crippen LogP contribution in [-0.4, -0.2) is 14.0 Å². The van der Waals surface area contributed by atoms with Crippen LogP contribution < -0.4 is 4.72 Å². The van der Waals surface area contributed by atoms with Gasteiger partial charge in [0, 0.05) is 0 Å². The molecule has 1 N–H and O–H groups in total. The summed E-state index contributed by atoms with van der Waals surface area (Å²) in [5, 5.41) is 9.07. The van der Waals surface area contributed by atoms with Gasteiger partial charge >= 0.3 is 0 Å². The molecule has 0 aliphatic heterocycles. The second-order valence-corrected chi connectivity index (χ2v) is 6.52. The zero-order valence-corrected chi connectivity index (χ0v) is 11.3. The van der Waals surface area contributed by atoms with Crippen molar-refractivity contribution in [3.05, 3.63) is 29.6 Å². The molecule has 0 spiro atoms. The maximum absolute atomic E-state index is 13.5. The van der Waals surface area contributed by atoms with Gasteiger partial charge in [0.2, 0.25) is 10.0 Å². The van der Waals surface area contributed by atoms with Gasteiger partial charge in [-0.05, 0) is 37.8 Å². The maximum Gasteiger partial charge on any atom is 0.244 e. The highest BCUT2D eigenvalue weighted by molar-refractivity contribution is 7.89. The largest absolute Gasteiger partial charge is 0.244 e. The Hall–Kier alpha value is -1.59. The van der Waals surface area contributed by atoms with E-state index in [0.717, 1.165) is 0 Å². The molecule has 1 aliphatic rings. The summed E-state index contributed by atoms with van der Waals surface area (Å²) in [6.07, 6.45) is 1.35. The number of nitrogens with one attached hydrogen (secondary N) is 1. The second-order valence-electron chi connectivity index (χ2n) is 4.87. The molecule has 0 unspecified atom stereocenters. The fourth-order valence-corrected chi connectivity index (χ4v) is 3.36. The lowest BCUT2D eigenvalue weighted by Crippen LogP contribution is -2.46. The first kappa shape index (κ1) is 14.8. The number of halogens is 3. The normalized spacial score (nSPS) is 18.4. The average Bonchev–Trinajstić information content (AvgIpc) is 3.19. The summed E-state index contributed by atoms with van der Waals surface area (Å²) in [5.74, 6) is -5.31. The number of sulfonamides is 1. The molecular formula is C12H11F3N2O2S. The van der Waals surface area contributed by atoms with Gasteiger partial charge in [-0.3, -0.25) is 0 Å². The van der Waals surface area contributed by atoms with E-state index in [4.69, 9.17) is 5.26 Å². The third-order valence-corrected chi connectivity index (χ3v) is 4.85. The molecule has 8 heteroatoms. The first-order chi connectivity index (χ1) is 9.21. The Balaban J connectivity index is 2.42. The van der Waals surface area contributed by atoms with Crippen molar-refractivity contribution in [1.29, 1.82) is 5.26 Å². The molecule has 0 bridgehead atoms. The number of nitrogens with zero attached hydrogens (tertiary/aromatic N) is 1. The van der Waals surface area contributed by atoms with Crippen molar-refractivity contribution >= 4 is 10.0 Å². The van der Waals surface area contributed by atoms with E-state index < -0.39 is 37.9 Å². The third-order valence-electron chi connectivity index (χ3n) is 3.26. The Morgan fingerprint density at radius 1 is 1.30 bits per heavy atom. The summed E-state index contributed by atoms with van der Waals surface area (Å²) in [6.45, 7) is 1.38. The van der Waals surface area contributed by atoms with E-state index in [0.29, 0.717) is 25.0 Å². The van der Waals surface area contributed by atoms with Crippen LogP contribution in [0.5, 0.6) is 0 Å². The van der Waals surface area contributed by atoms with Gasteiger partial charge in [0.15, 0.2) is 17.5 Å². The lowest BCUT2D eigenvalue weighted by atomic mass is 10.0. The van der Waals surface area contributed by atoms with Crippen LogP contribution >= 0.6 is 0 Å². The third kappa shape index (κ3) is 2.51. The molecule has 2 rings (SSSR count). The van der Waals surface area contributed by atoms with E-state index in [2.05, 4.69) is 4.72 Å². The summed E-state index contributed by atoms with van der Waals surface area (Å²) >= 11 is 0. The molecular weight excluding hydrogens is 293 g/mol. The van der Waals surface area contributed by atoms with E-state index in [-0.39, 0.29) is 5.92 Å². The summed E-state index contributed by atoms with van der Waals surface area (Å²) in [5.41, 5.74) is -1.39. The van der Waals surface area contributed by atoms with Crippen LogP contribution in [0.4, 0.5) is 13.2 Å². The zero-order valence-electron chi connectivity index (χ0n) is 10.5. The van der Waals surface area contributed by atoms with E-state index >= 15 is 0 Å². The number of hydrogen-bond donors (Lipinski definition) is 1. The molecule has 1 aromatic rings. The number of nitriles is 1. The number of hydrogen-bond acceptors (Lipinski definition) is 3. The van der Waals surface area contributed by atoms with Gasteiger partial charge < -0.3 is 0 Å². The van der Waals surface area contributed by atoms with Crippen LogP contribution in [-0.2, 0) is 10.0 Å². The van der Waals surface area contributed by atoms with Crippen LogP contribution in [0.25, 0.3) is 0 Å². The van der Waals surface area contributed by atoms with Gasteiger partial charge in [-0.15, -0.1) is 0 Å². The van der Waals surface area contributed by atoms with E-state index in [1.807, 2.05) is 6.07 Å². The van der Waals surface area contributed by atoms with Gasteiger partial charge in [-0.2, -0.15) is 9.98 Å². The molecule has 0 radical (unpaired) electrons. The highest BCUT2D eigenvalue weighted by Gasteiger charge is 2.45. The fourth-order valence-electron chi connectivity index (χ4n) is 1.91. The van der Waals surface area contributed by atoms with Crippen LogP contribution in [0.3, 0.4) is 0 Å². The summed E-state index contributed by atoms with van der Waals surface area (Å²) in [7, 11) is -4.46. The van der Waals surface area contributed by atoms with Crippen LogP contribution in [0.15, 0.2) is 17.0 Å². The molecule has 1 fully saturated rings. The standard InChI is InChI=1S/C12H11F3N2O2S/c1-12(6-16,7-2-3-7)17-20(18,19)9-5-4-8(13)10(14)11(9)15/h4-5,7,17H,2-3H2,1H3/t12-/m0/s1. The summed E-state index contributed by atoms with van der Waals surface area (Å²) in [6, 6.07) is 2.98.